The fourth-order valence-corrected chi connectivity index (χ4v) is 1.89. The van der Waals surface area contributed by atoms with Crippen molar-refractivity contribution in [2.24, 2.45) is 0 Å². The molecule has 2 N–H and O–H groups in total. The van der Waals surface area contributed by atoms with Crippen molar-refractivity contribution in [1.29, 1.82) is 0 Å². The van der Waals surface area contributed by atoms with Gasteiger partial charge in [0.15, 0.2) is 11.8 Å². The first-order valence-electron chi connectivity index (χ1n) is 4.93. The Balaban J connectivity index is 2.35. The minimum atomic E-state index is 0.0226. The van der Waals surface area contributed by atoms with Crippen LogP contribution in [0.5, 0.6) is 11.8 Å². The lowest BCUT2D eigenvalue weighted by molar-refractivity contribution is 0.403. The molecule has 80 valence electrons. The molecule has 0 aromatic carbocycles. The molecule has 3 aromatic heterocycles. The Hall–Kier alpha value is -2.36. The molecule has 4 heteroatoms. The van der Waals surface area contributed by atoms with Crippen LogP contribution in [0.4, 0.5) is 0 Å². The summed E-state index contributed by atoms with van der Waals surface area (Å²) < 4.78 is 3.32. The van der Waals surface area contributed by atoms with Crippen molar-refractivity contribution in [2.75, 3.05) is 0 Å². The van der Waals surface area contributed by atoms with Crippen molar-refractivity contribution in [2.45, 2.75) is 0 Å². The molecule has 0 aliphatic carbocycles. The third-order valence-electron chi connectivity index (χ3n) is 2.63. The van der Waals surface area contributed by atoms with Crippen LogP contribution >= 0.6 is 0 Å². The number of aromatic nitrogens is 2. The Morgan fingerprint density at radius 2 is 1.56 bits per heavy atom. The van der Waals surface area contributed by atoms with E-state index in [4.69, 9.17) is 0 Å². The summed E-state index contributed by atoms with van der Waals surface area (Å²) in [4.78, 5) is 0. The largest absolute Gasteiger partial charge is 0.494 e. The minimum absolute atomic E-state index is 0.0226. The summed E-state index contributed by atoms with van der Waals surface area (Å²) in [6, 6.07) is 10.5. The van der Waals surface area contributed by atoms with E-state index in [2.05, 4.69) is 0 Å². The lowest BCUT2D eigenvalue weighted by Gasteiger charge is -2.05. The second kappa shape index (κ2) is 3.06. The van der Waals surface area contributed by atoms with Crippen molar-refractivity contribution in [3.05, 3.63) is 48.8 Å². The first-order chi connectivity index (χ1) is 7.77. The molecule has 3 aromatic rings. The van der Waals surface area contributed by atoms with Crippen molar-refractivity contribution >= 4 is 5.52 Å². The van der Waals surface area contributed by atoms with Gasteiger partial charge in [0.1, 0.15) is 0 Å². The summed E-state index contributed by atoms with van der Waals surface area (Å²) in [5.74, 6) is 0.0453. The van der Waals surface area contributed by atoms with E-state index in [1.165, 1.54) is 16.7 Å². The number of nitrogens with zero attached hydrogens (tertiary/aromatic N) is 2. The summed E-state index contributed by atoms with van der Waals surface area (Å²) in [6.07, 6.45) is 3.79. The van der Waals surface area contributed by atoms with E-state index in [9.17, 15) is 10.2 Å². The highest BCUT2D eigenvalue weighted by molar-refractivity contribution is 5.67. The quantitative estimate of drug-likeness (QED) is 0.652. The molecule has 0 aliphatic heterocycles. The molecule has 0 radical (unpaired) electrons. The summed E-state index contributed by atoms with van der Waals surface area (Å²) in [5, 5.41) is 19.3. The van der Waals surface area contributed by atoms with E-state index >= 15 is 0 Å². The lowest BCUT2D eigenvalue weighted by Crippen LogP contribution is -1.91. The highest BCUT2D eigenvalue weighted by Gasteiger charge is 2.11. The average Bonchev–Trinajstić information content (AvgIpc) is 2.83. The predicted octanol–water partition coefficient (Wildman–Crippen LogP) is 2.14. The Bertz CT molecular complexity index is 632. The SMILES string of the molecule is Oc1ccc(O)n1-c1ccn2ccccc12. The molecular weight excluding hydrogens is 204 g/mol. The first kappa shape index (κ1) is 8.91. The van der Waals surface area contributed by atoms with E-state index in [1.54, 1.807) is 0 Å². The highest BCUT2D eigenvalue weighted by atomic mass is 16.3. The molecular formula is C12H10N2O2. The minimum Gasteiger partial charge on any atom is -0.494 e. The van der Waals surface area contributed by atoms with Gasteiger partial charge in [-0.05, 0) is 18.2 Å². The van der Waals surface area contributed by atoms with Gasteiger partial charge in [0.2, 0.25) is 0 Å². The third kappa shape index (κ3) is 1.10. The zero-order chi connectivity index (χ0) is 11.1. The van der Waals surface area contributed by atoms with Gasteiger partial charge in [-0.2, -0.15) is 0 Å². The molecule has 0 spiro atoms. The molecule has 0 bridgehead atoms. The van der Waals surface area contributed by atoms with Crippen molar-refractivity contribution in [3.8, 4) is 17.4 Å². The second-order valence-electron chi connectivity index (χ2n) is 3.58. The van der Waals surface area contributed by atoms with Crippen LogP contribution in [-0.2, 0) is 0 Å². The average molecular weight is 214 g/mol. The molecule has 0 unspecified atom stereocenters. The Labute approximate surface area is 91.6 Å². The van der Waals surface area contributed by atoms with Gasteiger partial charge < -0.3 is 14.6 Å². The van der Waals surface area contributed by atoms with Crippen LogP contribution < -0.4 is 0 Å². The van der Waals surface area contributed by atoms with Gasteiger partial charge in [0, 0.05) is 24.5 Å². The maximum Gasteiger partial charge on any atom is 0.198 e. The lowest BCUT2D eigenvalue weighted by atomic mass is 10.3. The van der Waals surface area contributed by atoms with Crippen LogP contribution in [-0.4, -0.2) is 19.2 Å². The normalized spacial score (nSPS) is 11.0. The van der Waals surface area contributed by atoms with Gasteiger partial charge in [-0.3, -0.25) is 0 Å². The fraction of sp³-hybridized carbons (Fsp3) is 0. The van der Waals surface area contributed by atoms with E-state index < -0.39 is 0 Å². The second-order valence-corrected chi connectivity index (χ2v) is 3.58. The van der Waals surface area contributed by atoms with Crippen molar-refractivity contribution in [1.82, 2.24) is 8.97 Å². The number of hydrogen-bond donors (Lipinski definition) is 2. The summed E-state index contributed by atoms with van der Waals surface area (Å²) in [5.41, 5.74) is 1.67. The van der Waals surface area contributed by atoms with E-state index in [0.717, 1.165) is 11.2 Å². The highest BCUT2D eigenvalue weighted by Crippen LogP contribution is 2.29. The van der Waals surface area contributed by atoms with Crippen LogP contribution in [0, 0.1) is 0 Å². The Morgan fingerprint density at radius 1 is 0.812 bits per heavy atom. The maximum atomic E-state index is 9.66. The van der Waals surface area contributed by atoms with Gasteiger partial charge in [-0.25, -0.2) is 4.57 Å². The summed E-state index contributed by atoms with van der Waals surface area (Å²) in [6.45, 7) is 0. The van der Waals surface area contributed by atoms with Crippen LogP contribution in [0.1, 0.15) is 0 Å². The van der Waals surface area contributed by atoms with Gasteiger partial charge in [-0.15, -0.1) is 0 Å². The molecule has 3 heterocycles. The first-order valence-corrected chi connectivity index (χ1v) is 4.93. The molecule has 0 saturated heterocycles. The van der Waals surface area contributed by atoms with Gasteiger partial charge in [0.25, 0.3) is 0 Å². The van der Waals surface area contributed by atoms with Crippen molar-refractivity contribution < 1.29 is 10.2 Å². The number of pyridine rings is 1. The predicted molar refractivity (Wildman–Crippen MR) is 60.1 cm³/mol. The number of rotatable bonds is 1. The molecule has 3 rings (SSSR count). The topological polar surface area (TPSA) is 49.8 Å². The monoisotopic (exact) mass is 214 g/mol. The molecule has 16 heavy (non-hydrogen) atoms. The number of aromatic hydroxyl groups is 2. The van der Waals surface area contributed by atoms with Crippen LogP contribution in [0.25, 0.3) is 11.2 Å². The molecule has 0 atom stereocenters. The summed E-state index contributed by atoms with van der Waals surface area (Å²) in [7, 11) is 0. The number of hydrogen-bond acceptors (Lipinski definition) is 2. The van der Waals surface area contributed by atoms with Crippen LogP contribution in [0.15, 0.2) is 48.8 Å². The Morgan fingerprint density at radius 3 is 2.31 bits per heavy atom. The molecule has 0 saturated carbocycles. The third-order valence-corrected chi connectivity index (χ3v) is 2.63. The zero-order valence-electron chi connectivity index (χ0n) is 8.41. The van der Waals surface area contributed by atoms with E-state index in [0.29, 0.717) is 0 Å². The van der Waals surface area contributed by atoms with Crippen molar-refractivity contribution in [3.63, 3.8) is 0 Å². The van der Waals surface area contributed by atoms with E-state index in [-0.39, 0.29) is 11.8 Å². The standard InChI is InChI=1S/C12H10N2O2/c15-11-4-5-12(16)14(11)10-6-8-13-7-2-1-3-9(10)13/h1-8,15-16H. The van der Waals surface area contributed by atoms with Gasteiger partial charge >= 0.3 is 0 Å². The van der Waals surface area contributed by atoms with Crippen LogP contribution in [0.2, 0.25) is 0 Å². The van der Waals surface area contributed by atoms with Crippen LogP contribution in [0.3, 0.4) is 0 Å². The summed E-state index contributed by atoms with van der Waals surface area (Å²) >= 11 is 0. The fourth-order valence-electron chi connectivity index (χ4n) is 1.89. The van der Waals surface area contributed by atoms with Gasteiger partial charge in [0.05, 0.1) is 11.2 Å². The zero-order valence-corrected chi connectivity index (χ0v) is 8.41. The molecule has 0 fully saturated rings. The smallest absolute Gasteiger partial charge is 0.198 e. The molecule has 0 amide bonds. The maximum absolute atomic E-state index is 9.66. The van der Waals surface area contributed by atoms with E-state index in [1.807, 2.05) is 41.1 Å². The molecule has 0 aliphatic rings. The number of fused-ring (bicyclic) bond motifs is 1. The Kier molecular flexibility index (Phi) is 1.71. The molecule has 4 nitrogen and oxygen atoms in total. The van der Waals surface area contributed by atoms with Gasteiger partial charge in [-0.1, -0.05) is 6.07 Å².